The van der Waals surface area contributed by atoms with E-state index in [1.807, 2.05) is 0 Å². The van der Waals surface area contributed by atoms with Crippen LogP contribution in [0.15, 0.2) is 18.5 Å². The number of rotatable bonds is 4. The lowest BCUT2D eigenvalue weighted by Gasteiger charge is -2.09. The summed E-state index contributed by atoms with van der Waals surface area (Å²) in [5, 5.41) is 2.81. The van der Waals surface area contributed by atoms with Crippen molar-refractivity contribution in [1.82, 2.24) is 10.3 Å². The van der Waals surface area contributed by atoms with Gasteiger partial charge in [0.25, 0.3) is 5.91 Å². The first-order valence-electron chi connectivity index (χ1n) is 4.66. The fourth-order valence-corrected chi connectivity index (χ4v) is 1.60. The van der Waals surface area contributed by atoms with Crippen LogP contribution in [0.5, 0.6) is 0 Å². The van der Waals surface area contributed by atoms with E-state index >= 15 is 0 Å². The standard InChI is InChI=1S/C10H10BrClN2O3/c1-17-10(16)7(11)4-14-9(15)6-2-3-13-5-8(6)12/h2-3,5,7H,4H2,1H3,(H,14,15). The number of alkyl halides is 1. The van der Waals surface area contributed by atoms with Crippen LogP contribution in [-0.4, -0.2) is 35.3 Å². The molecule has 5 nitrogen and oxygen atoms in total. The fraction of sp³-hybridized carbons (Fsp3) is 0.300. The highest BCUT2D eigenvalue weighted by Crippen LogP contribution is 2.13. The predicted molar refractivity (Wildman–Crippen MR) is 66.3 cm³/mol. The van der Waals surface area contributed by atoms with Crippen molar-refractivity contribution in [3.05, 3.63) is 29.0 Å². The van der Waals surface area contributed by atoms with Crippen LogP contribution < -0.4 is 5.32 Å². The molecule has 0 aliphatic rings. The number of methoxy groups -OCH3 is 1. The number of aromatic nitrogens is 1. The molecule has 7 heteroatoms. The summed E-state index contributed by atoms with van der Waals surface area (Å²) in [6.07, 6.45) is 2.84. The monoisotopic (exact) mass is 320 g/mol. The van der Waals surface area contributed by atoms with Crippen LogP contribution in [0.4, 0.5) is 0 Å². The van der Waals surface area contributed by atoms with E-state index in [1.54, 1.807) is 0 Å². The summed E-state index contributed by atoms with van der Waals surface area (Å²) in [7, 11) is 1.28. The maximum atomic E-state index is 11.7. The van der Waals surface area contributed by atoms with Gasteiger partial charge in [0.05, 0.1) is 17.7 Å². The van der Waals surface area contributed by atoms with Gasteiger partial charge in [0.1, 0.15) is 4.83 Å². The predicted octanol–water partition coefficient (Wildman–Crippen LogP) is 1.40. The van der Waals surface area contributed by atoms with Crippen LogP contribution >= 0.6 is 27.5 Å². The topological polar surface area (TPSA) is 68.3 Å². The van der Waals surface area contributed by atoms with Crippen molar-refractivity contribution in [3.8, 4) is 0 Å². The molecule has 0 saturated carbocycles. The van der Waals surface area contributed by atoms with Crippen LogP contribution in [-0.2, 0) is 9.53 Å². The zero-order valence-corrected chi connectivity index (χ0v) is 11.3. The van der Waals surface area contributed by atoms with E-state index in [-0.39, 0.29) is 17.5 Å². The Morgan fingerprint density at radius 2 is 2.35 bits per heavy atom. The van der Waals surface area contributed by atoms with Crippen molar-refractivity contribution >= 4 is 39.4 Å². The Hall–Kier alpha value is -1.14. The Balaban J connectivity index is 2.57. The van der Waals surface area contributed by atoms with E-state index in [1.165, 1.54) is 25.6 Å². The van der Waals surface area contributed by atoms with E-state index in [9.17, 15) is 9.59 Å². The minimum atomic E-state index is -0.586. The highest BCUT2D eigenvalue weighted by Gasteiger charge is 2.17. The first-order valence-corrected chi connectivity index (χ1v) is 5.95. The number of nitrogens with one attached hydrogen (secondary N) is 1. The smallest absolute Gasteiger partial charge is 0.321 e. The van der Waals surface area contributed by atoms with Crippen LogP contribution in [0.25, 0.3) is 0 Å². The van der Waals surface area contributed by atoms with Crippen molar-refractivity contribution in [2.24, 2.45) is 0 Å². The average molecular weight is 322 g/mol. The van der Waals surface area contributed by atoms with Gasteiger partial charge in [-0.25, -0.2) is 0 Å². The van der Waals surface area contributed by atoms with Crippen molar-refractivity contribution in [1.29, 1.82) is 0 Å². The minimum absolute atomic E-state index is 0.115. The summed E-state index contributed by atoms with van der Waals surface area (Å²) in [4.78, 5) is 25.9. The maximum Gasteiger partial charge on any atom is 0.321 e. The SMILES string of the molecule is COC(=O)C(Br)CNC(=O)c1ccncc1Cl. The van der Waals surface area contributed by atoms with Gasteiger partial charge in [-0.1, -0.05) is 27.5 Å². The number of hydrogen-bond acceptors (Lipinski definition) is 4. The minimum Gasteiger partial charge on any atom is -0.468 e. The Kier molecular flexibility index (Phi) is 5.37. The lowest BCUT2D eigenvalue weighted by atomic mass is 10.2. The maximum absolute atomic E-state index is 11.7. The normalized spacial score (nSPS) is 11.7. The van der Waals surface area contributed by atoms with Gasteiger partial charge in [0.15, 0.2) is 0 Å². The van der Waals surface area contributed by atoms with E-state index in [0.29, 0.717) is 5.56 Å². The molecule has 1 atom stereocenters. The van der Waals surface area contributed by atoms with E-state index in [0.717, 1.165) is 0 Å². The van der Waals surface area contributed by atoms with Gasteiger partial charge in [-0.2, -0.15) is 0 Å². The zero-order valence-electron chi connectivity index (χ0n) is 8.94. The van der Waals surface area contributed by atoms with Crippen LogP contribution in [0, 0.1) is 0 Å². The Morgan fingerprint density at radius 3 is 2.94 bits per heavy atom. The second-order valence-corrected chi connectivity index (χ2v) is 4.57. The van der Waals surface area contributed by atoms with Gasteiger partial charge >= 0.3 is 5.97 Å². The number of carbonyl (C=O) groups is 2. The molecule has 1 unspecified atom stereocenters. The molecule has 1 amide bonds. The van der Waals surface area contributed by atoms with Gasteiger partial charge < -0.3 is 10.1 Å². The lowest BCUT2D eigenvalue weighted by Crippen LogP contribution is -2.34. The molecule has 1 N–H and O–H groups in total. The molecule has 0 radical (unpaired) electrons. The molecule has 1 aromatic heterocycles. The summed E-state index contributed by atoms with van der Waals surface area (Å²) < 4.78 is 4.50. The molecule has 0 aromatic carbocycles. The van der Waals surface area contributed by atoms with Crippen molar-refractivity contribution in [2.75, 3.05) is 13.7 Å². The van der Waals surface area contributed by atoms with Gasteiger partial charge in [0.2, 0.25) is 0 Å². The molecule has 0 saturated heterocycles. The number of ether oxygens (including phenoxy) is 1. The first-order chi connectivity index (χ1) is 8.06. The first kappa shape index (κ1) is 13.9. The van der Waals surface area contributed by atoms with Gasteiger partial charge in [0, 0.05) is 18.9 Å². The third-order valence-corrected chi connectivity index (χ3v) is 2.91. The highest BCUT2D eigenvalue weighted by atomic mass is 79.9. The molecule has 1 rings (SSSR count). The Bertz CT molecular complexity index is 428. The molecule has 0 aliphatic heterocycles. The zero-order chi connectivity index (χ0) is 12.8. The van der Waals surface area contributed by atoms with Crippen LogP contribution in [0.1, 0.15) is 10.4 Å². The fourth-order valence-electron chi connectivity index (χ4n) is 1.05. The number of esters is 1. The summed E-state index contributed by atoms with van der Waals surface area (Å²) in [5.74, 6) is -0.822. The number of pyridine rings is 1. The Morgan fingerprint density at radius 1 is 1.65 bits per heavy atom. The van der Waals surface area contributed by atoms with Gasteiger partial charge in [-0.15, -0.1) is 0 Å². The quantitative estimate of drug-likeness (QED) is 0.672. The number of nitrogens with zero attached hydrogens (tertiary/aromatic N) is 1. The molecular weight excluding hydrogens is 311 g/mol. The number of amides is 1. The summed E-state index contributed by atoms with van der Waals surface area (Å²) in [5.41, 5.74) is 0.311. The Labute approximate surface area is 112 Å². The molecule has 17 heavy (non-hydrogen) atoms. The van der Waals surface area contributed by atoms with E-state index in [4.69, 9.17) is 11.6 Å². The molecule has 1 heterocycles. The molecule has 0 spiro atoms. The molecular formula is C10H10BrClN2O3. The third kappa shape index (κ3) is 3.98. The second-order valence-electron chi connectivity index (χ2n) is 3.06. The molecule has 92 valence electrons. The molecule has 0 aliphatic carbocycles. The van der Waals surface area contributed by atoms with E-state index in [2.05, 4.69) is 31.0 Å². The van der Waals surface area contributed by atoms with Crippen molar-refractivity contribution in [2.45, 2.75) is 4.83 Å². The van der Waals surface area contributed by atoms with Gasteiger partial charge in [-0.3, -0.25) is 14.6 Å². The van der Waals surface area contributed by atoms with Gasteiger partial charge in [-0.05, 0) is 6.07 Å². The molecule has 1 aromatic rings. The number of halogens is 2. The highest BCUT2D eigenvalue weighted by molar-refractivity contribution is 9.10. The van der Waals surface area contributed by atoms with Crippen LogP contribution in [0.2, 0.25) is 5.02 Å². The third-order valence-electron chi connectivity index (χ3n) is 1.92. The number of carbonyl (C=O) groups excluding carboxylic acids is 2. The summed E-state index contributed by atoms with van der Waals surface area (Å²) in [6.45, 7) is 0.115. The van der Waals surface area contributed by atoms with Crippen molar-refractivity contribution < 1.29 is 14.3 Å². The van der Waals surface area contributed by atoms with Crippen LogP contribution in [0.3, 0.4) is 0 Å². The molecule has 0 fully saturated rings. The lowest BCUT2D eigenvalue weighted by molar-refractivity contribution is -0.139. The molecule has 0 bridgehead atoms. The van der Waals surface area contributed by atoms with Crippen molar-refractivity contribution in [3.63, 3.8) is 0 Å². The van der Waals surface area contributed by atoms with E-state index < -0.39 is 10.8 Å². The number of hydrogen-bond donors (Lipinski definition) is 1. The average Bonchev–Trinajstić information content (AvgIpc) is 2.35. The summed E-state index contributed by atoms with van der Waals surface area (Å²) >= 11 is 8.89. The second kappa shape index (κ2) is 6.56. The summed E-state index contributed by atoms with van der Waals surface area (Å²) in [6, 6.07) is 1.50. The largest absolute Gasteiger partial charge is 0.468 e.